The van der Waals surface area contributed by atoms with Gasteiger partial charge in [-0.05, 0) is 36.4 Å². The molecule has 138 valence electrons. The quantitative estimate of drug-likeness (QED) is 0.566. The van der Waals surface area contributed by atoms with Gasteiger partial charge in [0.2, 0.25) is 5.91 Å². The summed E-state index contributed by atoms with van der Waals surface area (Å²) in [6, 6.07) is 14.3. The van der Waals surface area contributed by atoms with E-state index in [2.05, 4.69) is 10.6 Å². The molecule has 0 aliphatic rings. The largest absolute Gasteiger partial charge is 0.345 e. The lowest BCUT2D eigenvalue weighted by Gasteiger charge is -2.08. The first kappa shape index (κ1) is 20.4. The maximum absolute atomic E-state index is 13.5. The molecule has 0 radical (unpaired) electrons. The summed E-state index contributed by atoms with van der Waals surface area (Å²) in [6.07, 6.45) is 0. The smallest absolute Gasteiger partial charge is 0.234 e. The minimum atomic E-state index is -0.731. The maximum atomic E-state index is 13.5. The number of halogens is 2. The standard InChI is InChI=1S/C19H11F2N5OS/c20-13-1-6-16(21)17(7-13)26-19(27)11-28-15-4-2-14(3-5-15)25-18(10-24)12(8-22)9-23/h1-7,25H,11H2,(H,26,27). The zero-order chi connectivity index (χ0) is 20.5. The van der Waals surface area contributed by atoms with Gasteiger partial charge in [-0.15, -0.1) is 11.8 Å². The van der Waals surface area contributed by atoms with E-state index >= 15 is 0 Å². The van der Waals surface area contributed by atoms with Crippen LogP contribution < -0.4 is 10.6 Å². The lowest BCUT2D eigenvalue weighted by molar-refractivity contribution is -0.113. The number of nitrogens with zero attached hydrogens (tertiary/aromatic N) is 3. The van der Waals surface area contributed by atoms with E-state index in [1.165, 1.54) is 11.8 Å². The van der Waals surface area contributed by atoms with Crippen molar-refractivity contribution >= 4 is 29.0 Å². The van der Waals surface area contributed by atoms with Crippen molar-refractivity contribution in [2.24, 2.45) is 0 Å². The van der Waals surface area contributed by atoms with Crippen molar-refractivity contribution in [3.05, 3.63) is 65.4 Å². The molecule has 0 aliphatic heterocycles. The van der Waals surface area contributed by atoms with Crippen molar-refractivity contribution in [2.75, 3.05) is 16.4 Å². The van der Waals surface area contributed by atoms with Crippen LogP contribution in [0.15, 0.2) is 58.6 Å². The molecule has 0 bridgehead atoms. The van der Waals surface area contributed by atoms with Gasteiger partial charge in [-0.2, -0.15) is 15.8 Å². The maximum Gasteiger partial charge on any atom is 0.234 e. The molecular formula is C19H11F2N5OS. The number of carbonyl (C=O) groups excluding carboxylic acids is 1. The number of anilines is 2. The molecule has 0 spiro atoms. The van der Waals surface area contributed by atoms with E-state index < -0.39 is 17.5 Å². The normalized spacial score (nSPS) is 9.39. The van der Waals surface area contributed by atoms with Crippen molar-refractivity contribution in [3.63, 3.8) is 0 Å². The molecule has 1 amide bonds. The molecule has 28 heavy (non-hydrogen) atoms. The molecule has 0 atom stereocenters. The van der Waals surface area contributed by atoms with Gasteiger partial charge < -0.3 is 10.6 Å². The molecule has 0 heterocycles. The molecule has 2 aromatic carbocycles. The third-order valence-electron chi connectivity index (χ3n) is 3.28. The predicted molar refractivity (Wildman–Crippen MR) is 99.6 cm³/mol. The lowest BCUT2D eigenvalue weighted by atomic mass is 10.2. The number of hydrogen-bond donors (Lipinski definition) is 2. The lowest BCUT2D eigenvalue weighted by Crippen LogP contribution is -2.15. The van der Waals surface area contributed by atoms with Crippen molar-refractivity contribution in [1.82, 2.24) is 0 Å². The van der Waals surface area contributed by atoms with E-state index in [-0.39, 0.29) is 22.7 Å². The second-order valence-corrected chi connectivity index (χ2v) is 6.24. The fourth-order valence-corrected chi connectivity index (χ4v) is 2.69. The minimum absolute atomic E-state index is 0.0287. The minimum Gasteiger partial charge on any atom is -0.345 e. The van der Waals surface area contributed by atoms with Gasteiger partial charge in [-0.25, -0.2) is 8.78 Å². The summed E-state index contributed by atoms with van der Waals surface area (Å²) < 4.78 is 26.6. The Morgan fingerprint density at radius 1 is 0.964 bits per heavy atom. The first-order valence-electron chi connectivity index (χ1n) is 7.66. The molecule has 2 N–H and O–H groups in total. The molecule has 0 fully saturated rings. The molecule has 0 aliphatic carbocycles. The Bertz CT molecular complexity index is 1030. The molecular weight excluding hydrogens is 384 g/mol. The highest BCUT2D eigenvalue weighted by Crippen LogP contribution is 2.22. The number of rotatable bonds is 6. The van der Waals surface area contributed by atoms with E-state index in [1.54, 1.807) is 42.5 Å². The summed E-state index contributed by atoms with van der Waals surface area (Å²) in [4.78, 5) is 12.6. The van der Waals surface area contributed by atoms with Gasteiger partial charge >= 0.3 is 0 Å². The molecule has 2 rings (SSSR count). The van der Waals surface area contributed by atoms with E-state index in [0.29, 0.717) is 10.6 Å². The second-order valence-electron chi connectivity index (χ2n) is 5.20. The Labute approximate surface area is 163 Å². The van der Waals surface area contributed by atoms with Gasteiger partial charge in [0.1, 0.15) is 35.5 Å². The molecule has 0 saturated carbocycles. The monoisotopic (exact) mass is 395 g/mol. The average molecular weight is 395 g/mol. The number of carbonyl (C=O) groups is 1. The van der Waals surface area contributed by atoms with Gasteiger partial charge in [-0.1, -0.05) is 0 Å². The van der Waals surface area contributed by atoms with Crippen molar-refractivity contribution in [1.29, 1.82) is 15.8 Å². The topological polar surface area (TPSA) is 112 Å². The van der Waals surface area contributed by atoms with Crippen LogP contribution in [0.3, 0.4) is 0 Å². The van der Waals surface area contributed by atoms with Crippen LogP contribution in [0, 0.1) is 45.6 Å². The highest BCUT2D eigenvalue weighted by molar-refractivity contribution is 8.00. The van der Waals surface area contributed by atoms with E-state index in [1.807, 2.05) is 0 Å². The number of allylic oxidation sites excluding steroid dienone is 2. The Kier molecular flexibility index (Phi) is 7.10. The fourth-order valence-electron chi connectivity index (χ4n) is 1.99. The van der Waals surface area contributed by atoms with Crippen molar-refractivity contribution in [2.45, 2.75) is 4.90 Å². The highest BCUT2D eigenvalue weighted by atomic mass is 32.2. The molecule has 6 nitrogen and oxygen atoms in total. The fraction of sp³-hybridized carbons (Fsp3) is 0.0526. The van der Waals surface area contributed by atoms with Crippen LogP contribution in [0.2, 0.25) is 0 Å². The number of nitrogens with one attached hydrogen (secondary N) is 2. The summed E-state index contributed by atoms with van der Waals surface area (Å²) in [7, 11) is 0. The van der Waals surface area contributed by atoms with Crippen LogP contribution in [0.1, 0.15) is 0 Å². The van der Waals surface area contributed by atoms with Gasteiger partial charge in [0.05, 0.1) is 11.4 Å². The molecule has 0 aromatic heterocycles. The zero-order valence-corrected chi connectivity index (χ0v) is 15.0. The first-order valence-corrected chi connectivity index (χ1v) is 8.64. The SMILES string of the molecule is N#CC(C#N)=C(C#N)Nc1ccc(SCC(=O)Nc2cc(F)ccc2F)cc1. The molecule has 9 heteroatoms. The zero-order valence-electron chi connectivity index (χ0n) is 14.2. The predicted octanol–water partition coefficient (Wildman–Crippen LogP) is 3.93. The third-order valence-corrected chi connectivity index (χ3v) is 4.29. The van der Waals surface area contributed by atoms with E-state index in [9.17, 15) is 13.6 Å². The van der Waals surface area contributed by atoms with Crippen LogP contribution >= 0.6 is 11.8 Å². The van der Waals surface area contributed by atoms with Gasteiger partial charge in [-0.3, -0.25) is 4.79 Å². The van der Waals surface area contributed by atoms with Crippen LogP contribution in [-0.4, -0.2) is 11.7 Å². The van der Waals surface area contributed by atoms with E-state index in [0.717, 1.165) is 18.2 Å². The summed E-state index contributed by atoms with van der Waals surface area (Å²) in [5, 5.41) is 31.6. The van der Waals surface area contributed by atoms with Crippen LogP contribution in [0.25, 0.3) is 0 Å². The Balaban J connectivity index is 1.96. The van der Waals surface area contributed by atoms with Crippen LogP contribution in [-0.2, 0) is 4.79 Å². The number of amides is 1. The van der Waals surface area contributed by atoms with Crippen LogP contribution in [0.4, 0.5) is 20.2 Å². The first-order chi connectivity index (χ1) is 13.5. The Hall–Kier alpha value is -3.87. The molecule has 0 unspecified atom stereocenters. The Morgan fingerprint density at radius 3 is 2.25 bits per heavy atom. The number of thioether (sulfide) groups is 1. The van der Waals surface area contributed by atoms with Crippen molar-refractivity contribution in [3.8, 4) is 18.2 Å². The van der Waals surface area contributed by atoms with Gasteiger partial charge in [0, 0.05) is 16.6 Å². The number of nitriles is 3. The summed E-state index contributed by atoms with van der Waals surface area (Å²) in [5.41, 5.74) is -0.244. The van der Waals surface area contributed by atoms with Crippen LogP contribution in [0.5, 0.6) is 0 Å². The number of hydrogen-bond acceptors (Lipinski definition) is 6. The highest BCUT2D eigenvalue weighted by Gasteiger charge is 2.09. The Morgan fingerprint density at radius 2 is 1.64 bits per heavy atom. The molecule has 2 aromatic rings. The summed E-state index contributed by atoms with van der Waals surface area (Å²) in [5.74, 6) is -1.92. The van der Waals surface area contributed by atoms with Gasteiger partial charge in [0.15, 0.2) is 5.57 Å². The van der Waals surface area contributed by atoms with Gasteiger partial charge in [0.25, 0.3) is 0 Å². The number of benzene rings is 2. The van der Waals surface area contributed by atoms with E-state index in [4.69, 9.17) is 15.8 Å². The second kappa shape index (κ2) is 9.72. The van der Waals surface area contributed by atoms with Crippen molar-refractivity contribution < 1.29 is 13.6 Å². The third kappa shape index (κ3) is 5.57. The summed E-state index contributed by atoms with van der Waals surface area (Å²) >= 11 is 1.17. The summed E-state index contributed by atoms with van der Waals surface area (Å²) in [6.45, 7) is 0. The molecule has 0 saturated heterocycles. The average Bonchev–Trinajstić information content (AvgIpc) is 2.70.